The highest BCUT2D eigenvalue weighted by molar-refractivity contribution is 5.79. The van der Waals surface area contributed by atoms with E-state index in [-0.39, 0.29) is 22.5 Å². The van der Waals surface area contributed by atoms with E-state index in [4.69, 9.17) is 0 Å². The molecule has 2 saturated heterocycles. The Bertz CT molecular complexity index is 1460. The van der Waals surface area contributed by atoms with Crippen LogP contribution in [0.3, 0.4) is 0 Å². The van der Waals surface area contributed by atoms with Crippen molar-refractivity contribution in [2.45, 2.75) is 25.1 Å². The number of piperidine rings is 1. The second-order valence-corrected chi connectivity index (χ2v) is 9.64. The normalized spacial score (nSPS) is 19.5. The smallest absolute Gasteiger partial charge is 0.362 e. The number of anilines is 2. The van der Waals surface area contributed by atoms with Gasteiger partial charge in [-0.15, -0.1) is 0 Å². The predicted molar refractivity (Wildman–Crippen MR) is 126 cm³/mol. The molecule has 5 nitrogen and oxygen atoms in total. The van der Waals surface area contributed by atoms with Crippen molar-refractivity contribution in [3.8, 4) is 0 Å². The van der Waals surface area contributed by atoms with Gasteiger partial charge in [-0.3, -0.25) is 4.98 Å². The molecule has 2 aromatic carbocycles. The molecule has 2 aliphatic heterocycles. The fourth-order valence-corrected chi connectivity index (χ4v) is 5.63. The molecule has 1 unspecified atom stereocenters. The highest BCUT2D eigenvalue weighted by Crippen LogP contribution is 2.56. The first kappa shape index (κ1) is 23.6. The molecule has 2 fully saturated rings. The van der Waals surface area contributed by atoms with Crippen molar-refractivity contribution in [1.29, 1.82) is 0 Å². The van der Waals surface area contributed by atoms with E-state index in [1.54, 1.807) is 12.3 Å². The van der Waals surface area contributed by atoms with E-state index < -0.39 is 29.2 Å². The van der Waals surface area contributed by atoms with Crippen molar-refractivity contribution >= 4 is 22.7 Å². The second kappa shape index (κ2) is 8.39. The molecule has 0 bridgehead atoms. The van der Waals surface area contributed by atoms with Gasteiger partial charge < -0.3 is 14.8 Å². The molecule has 192 valence electrons. The van der Waals surface area contributed by atoms with Gasteiger partial charge in [-0.2, -0.15) is 13.2 Å². The average molecular weight is 517 g/mol. The molecule has 0 amide bonds. The molecule has 1 atom stereocenters. The minimum Gasteiger partial charge on any atom is -0.362 e. The van der Waals surface area contributed by atoms with Crippen LogP contribution in [0, 0.1) is 22.9 Å². The molecule has 11 heteroatoms. The number of hydrogen-bond donors (Lipinski definition) is 1. The molecule has 0 saturated carbocycles. The molecule has 4 aromatic rings. The summed E-state index contributed by atoms with van der Waals surface area (Å²) in [5.41, 5.74) is 0.118. The summed E-state index contributed by atoms with van der Waals surface area (Å²) in [6.45, 7) is 1.74. The Morgan fingerprint density at radius 2 is 1.70 bits per heavy atom. The summed E-state index contributed by atoms with van der Waals surface area (Å²) < 4.78 is 80.9. The van der Waals surface area contributed by atoms with Crippen LogP contribution in [-0.4, -0.2) is 34.6 Å². The van der Waals surface area contributed by atoms with Crippen LogP contribution in [-0.2, 0) is 6.18 Å². The number of aromatic amines is 1. The van der Waals surface area contributed by atoms with Crippen molar-refractivity contribution in [2.75, 3.05) is 29.4 Å². The number of pyridine rings is 1. The average Bonchev–Trinajstić information content (AvgIpc) is 3.27. The van der Waals surface area contributed by atoms with E-state index in [2.05, 4.69) is 15.0 Å². The van der Waals surface area contributed by atoms with Gasteiger partial charge in [0.25, 0.3) is 0 Å². The summed E-state index contributed by atoms with van der Waals surface area (Å²) in [5, 5.41) is 0. The first-order valence-corrected chi connectivity index (χ1v) is 11.8. The van der Waals surface area contributed by atoms with Gasteiger partial charge in [0.2, 0.25) is 5.95 Å². The van der Waals surface area contributed by atoms with E-state index in [0.29, 0.717) is 44.1 Å². The number of imidazole rings is 1. The predicted octanol–water partition coefficient (Wildman–Crippen LogP) is 6.24. The van der Waals surface area contributed by atoms with Crippen LogP contribution in [0.15, 0.2) is 54.7 Å². The summed E-state index contributed by atoms with van der Waals surface area (Å²) >= 11 is 0. The summed E-state index contributed by atoms with van der Waals surface area (Å²) in [7, 11) is 0. The number of fused-ring (bicyclic) bond motifs is 1. The van der Waals surface area contributed by atoms with Crippen LogP contribution in [0.4, 0.5) is 38.0 Å². The van der Waals surface area contributed by atoms with Crippen molar-refractivity contribution in [2.24, 2.45) is 5.41 Å². The lowest BCUT2D eigenvalue weighted by atomic mass is 9.64. The molecular weight excluding hydrogens is 496 g/mol. The van der Waals surface area contributed by atoms with Gasteiger partial charge in [-0.05, 0) is 43.2 Å². The minimum atomic E-state index is -4.80. The maximum Gasteiger partial charge on any atom is 0.419 e. The maximum atomic E-state index is 14.0. The van der Waals surface area contributed by atoms with Crippen LogP contribution < -0.4 is 9.80 Å². The zero-order valence-electron chi connectivity index (χ0n) is 19.4. The monoisotopic (exact) mass is 517 g/mol. The Balaban J connectivity index is 1.26. The largest absolute Gasteiger partial charge is 0.419 e. The Kier molecular flexibility index (Phi) is 5.36. The maximum absolute atomic E-state index is 14.0. The number of alkyl halides is 3. The van der Waals surface area contributed by atoms with Crippen LogP contribution in [0.5, 0.6) is 0 Å². The lowest BCUT2D eigenvalue weighted by molar-refractivity contribution is -0.139. The number of benzene rings is 2. The summed E-state index contributed by atoms with van der Waals surface area (Å²) in [6.07, 6.45) is -1.67. The minimum absolute atomic E-state index is 0.114. The fourth-order valence-electron chi connectivity index (χ4n) is 5.63. The Hall–Kier alpha value is -3.76. The van der Waals surface area contributed by atoms with E-state index in [1.807, 2.05) is 28.0 Å². The van der Waals surface area contributed by atoms with Gasteiger partial charge >= 0.3 is 6.18 Å². The summed E-state index contributed by atoms with van der Waals surface area (Å²) in [6, 6.07) is 10.9. The lowest BCUT2D eigenvalue weighted by Gasteiger charge is -2.61. The molecule has 0 aliphatic carbocycles. The standard InChI is InChI=1S/C26H21F6N5/c27-17-5-4-15(11-19(17)29)37-14-25(23(37)20-3-1-2-8-33-20)6-9-36(10-7-25)24-34-21-12-16(26(30,31)32)18(28)13-22(21)35-24/h1-5,8,11-13,23H,6-7,9-10,14H2,(H,34,35). The molecule has 2 aliphatic rings. The number of H-pyrrole nitrogens is 1. The molecule has 1 N–H and O–H groups in total. The third kappa shape index (κ3) is 3.96. The van der Waals surface area contributed by atoms with Gasteiger partial charge in [0.1, 0.15) is 5.82 Å². The molecule has 6 rings (SSSR count). The highest BCUT2D eigenvalue weighted by atomic mass is 19.4. The quantitative estimate of drug-likeness (QED) is 0.327. The summed E-state index contributed by atoms with van der Waals surface area (Å²) in [5.74, 6) is -2.80. The van der Waals surface area contributed by atoms with E-state index in [9.17, 15) is 26.3 Å². The van der Waals surface area contributed by atoms with Crippen molar-refractivity contribution in [3.05, 3.63) is 83.4 Å². The first-order chi connectivity index (χ1) is 17.6. The number of nitrogens with zero attached hydrogens (tertiary/aromatic N) is 4. The van der Waals surface area contributed by atoms with E-state index in [1.165, 1.54) is 6.07 Å². The van der Waals surface area contributed by atoms with Crippen LogP contribution >= 0.6 is 0 Å². The van der Waals surface area contributed by atoms with Gasteiger partial charge in [-0.25, -0.2) is 18.2 Å². The topological polar surface area (TPSA) is 48.0 Å². The number of halogens is 6. The van der Waals surface area contributed by atoms with Crippen LogP contribution in [0.1, 0.15) is 30.1 Å². The molecular formula is C26H21F6N5. The van der Waals surface area contributed by atoms with Gasteiger partial charge in [0.15, 0.2) is 11.6 Å². The number of rotatable bonds is 3. The van der Waals surface area contributed by atoms with Crippen molar-refractivity contribution in [3.63, 3.8) is 0 Å². The number of hydrogen-bond acceptors (Lipinski definition) is 4. The van der Waals surface area contributed by atoms with E-state index >= 15 is 0 Å². The SMILES string of the molecule is Fc1ccc(N2CC3(CCN(c4nc5cc(F)c(C(F)(F)F)cc5[nH]4)CC3)C2c2ccccn2)cc1F. The van der Waals surface area contributed by atoms with Gasteiger partial charge in [-0.1, -0.05) is 6.07 Å². The lowest BCUT2D eigenvalue weighted by Crippen LogP contribution is -2.62. The Morgan fingerprint density at radius 3 is 2.38 bits per heavy atom. The molecule has 37 heavy (non-hydrogen) atoms. The Labute approximate surface area is 207 Å². The highest BCUT2D eigenvalue weighted by Gasteiger charge is 2.55. The molecule has 4 heterocycles. The second-order valence-electron chi connectivity index (χ2n) is 9.64. The summed E-state index contributed by atoms with van der Waals surface area (Å²) in [4.78, 5) is 15.7. The van der Waals surface area contributed by atoms with Crippen molar-refractivity contribution < 1.29 is 26.3 Å². The molecule has 1 spiro atoms. The number of aromatic nitrogens is 3. The first-order valence-electron chi connectivity index (χ1n) is 11.8. The zero-order valence-corrected chi connectivity index (χ0v) is 19.4. The fraction of sp³-hybridized carbons (Fsp3) is 0.308. The molecule has 0 radical (unpaired) electrons. The van der Waals surface area contributed by atoms with Crippen molar-refractivity contribution in [1.82, 2.24) is 15.0 Å². The van der Waals surface area contributed by atoms with Gasteiger partial charge in [0.05, 0.1) is 28.3 Å². The number of nitrogens with one attached hydrogen (secondary N) is 1. The Morgan fingerprint density at radius 1 is 0.919 bits per heavy atom. The third-order valence-corrected chi connectivity index (χ3v) is 7.50. The third-order valence-electron chi connectivity index (χ3n) is 7.50. The molecule has 2 aromatic heterocycles. The zero-order chi connectivity index (χ0) is 25.9. The van der Waals surface area contributed by atoms with Crippen LogP contribution in [0.2, 0.25) is 0 Å². The van der Waals surface area contributed by atoms with E-state index in [0.717, 1.165) is 23.9 Å². The van der Waals surface area contributed by atoms with Gasteiger partial charge in [0, 0.05) is 49.1 Å². The van der Waals surface area contributed by atoms with Crippen LogP contribution in [0.25, 0.3) is 11.0 Å².